The van der Waals surface area contributed by atoms with Crippen molar-refractivity contribution < 1.29 is 24.2 Å². The van der Waals surface area contributed by atoms with Gasteiger partial charge in [0.15, 0.2) is 0 Å². The third-order valence-electron chi connectivity index (χ3n) is 6.05. The number of hydrogen-bond acceptors (Lipinski definition) is 5. The molecule has 1 amide bonds. The summed E-state index contributed by atoms with van der Waals surface area (Å²) in [5, 5.41) is 11.3. The van der Waals surface area contributed by atoms with E-state index in [-0.39, 0.29) is 17.4 Å². The molecule has 0 aromatic heterocycles. The Balaban J connectivity index is 1.90. The van der Waals surface area contributed by atoms with Gasteiger partial charge in [0.2, 0.25) is 0 Å². The van der Waals surface area contributed by atoms with Gasteiger partial charge in [-0.25, -0.2) is 0 Å². The molecule has 6 nitrogen and oxygen atoms in total. The molecule has 2 fully saturated rings. The van der Waals surface area contributed by atoms with Crippen LogP contribution in [0.25, 0.3) is 5.76 Å². The number of ketones is 1. The number of amides is 1. The predicted molar refractivity (Wildman–Crippen MR) is 117 cm³/mol. The number of hydrogen-bond donors (Lipinski definition) is 1. The van der Waals surface area contributed by atoms with E-state index >= 15 is 0 Å². The minimum atomic E-state index is -0.673. The summed E-state index contributed by atoms with van der Waals surface area (Å²) in [5.74, 6) is -0.344. The lowest BCUT2D eigenvalue weighted by Gasteiger charge is -2.31. The summed E-state index contributed by atoms with van der Waals surface area (Å²) in [4.78, 5) is 28.0. The quantitative estimate of drug-likeness (QED) is 0.423. The zero-order valence-electron chi connectivity index (χ0n) is 17.8. The van der Waals surface area contributed by atoms with Crippen molar-refractivity contribution in [2.75, 3.05) is 13.7 Å². The standard InChI is InChI=1S/C25H27NO5/c1-3-31-18-12-8-9-16(15-18)22-21(23(27)19-13-6-7-14-20(19)30-2)24(28)25(29)26(22)17-10-4-5-11-17/h6-9,12-15,17,22,27H,3-5,10-11H2,1-2H3/b23-21-. The van der Waals surface area contributed by atoms with E-state index in [9.17, 15) is 14.7 Å². The normalized spacial score (nSPS) is 21.0. The van der Waals surface area contributed by atoms with E-state index in [1.165, 1.54) is 7.11 Å². The zero-order chi connectivity index (χ0) is 22.0. The Morgan fingerprint density at radius 3 is 2.55 bits per heavy atom. The first-order valence-electron chi connectivity index (χ1n) is 10.7. The topological polar surface area (TPSA) is 76.1 Å². The lowest BCUT2D eigenvalue weighted by atomic mass is 9.94. The molecule has 1 aliphatic heterocycles. The highest BCUT2D eigenvalue weighted by atomic mass is 16.5. The van der Waals surface area contributed by atoms with Crippen molar-refractivity contribution in [1.29, 1.82) is 0 Å². The molecule has 0 bridgehead atoms. The van der Waals surface area contributed by atoms with Gasteiger partial charge in [-0.1, -0.05) is 37.1 Å². The number of carbonyl (C=O) groups excluding carboxylic acids is 2. The van der Waals surface area contributed by atoms with Crippen molar-refractivity contribution in [2.45, 2.75) is 44.7 Å². The predicted octanol–water partition coefficient (Wildman–Crippen LogP) is 4.46. The molecule has 4 rings (SSSR count). The Morgan fingerprint density at radius 2 is 1.84 bits per heavy atom. The molecular formula is C25H27NO5. The summed E-state index contributed by atoms with van der Waals surface area (Å²) < 4.78 is 11.0. The second-order valence-electron chi connectivity index (χ2n) is 7.85. The van der Waals surface area contributed by atoms with Crippen LogP contribution in [0.4, 0.5) is 0 Å². The first kappa shape index (κ1) is 21.0. The number of Topliss-reactive ketones (excluding diaryl/α,β-unsaturated/α-hetero) is 1. The average molecular weight is 421 g/mol. The van der Waals surface area contributed by atoms with Gasteiger partial charge in [-0.2, -0.15) is 0 Å². The van der Waals surface area contributed by atoms with E-state index in [0.717, 1.165) is 31.2 Å². The highest BCUT2D eigenvalue weighted by Gasteiger charge is 2.49. The van der Waals surface area contributed by atoms with Gasteiger partial charge >= 0.3 is 0 Å². The molecule has 1 atom stereocenters. The SMILES string of the molecule is CCOc1cccc(C2/C(=C(/O)c3ccccc3OC)C(=O)C(=O)N2C2CCCC2)c1. The van der Waals surface area contributed by atoms with Crippen LogP contribution in [-0.4, -0.2) is 41.5 Å². The van der Waals surface area contributed by atoms with Gasteiger partial charge in [-0.05, 0) is 49.6 Å². The maximum absolute atomic E-state index is 13.2. The minimum absolute atomic E-state index is 0.0276. The largest absolute Gasteiger partial charge is 0.507 e. The second kappa shape index (κ2) is 8.84. The number of aliphatic hydroxyl groups is 1. The van der Waals surface area contributed by atoms with Crippen LogP contribution in [0.3, 0.4) is 0 Å². The Bertz CT molecular complexity index is 1020. The maximum atomic E-state index is 13.2. The molecule has 1 aliphatic carbocycles. The first-order chi connectivity index (χ1) is 15.1. The lowest BCUT2D eigenvalue weighted by Crippen LogP contribution is -2.37. The molecule has 31 heavy (non-hydrogen) atoms. The number of carbonyl (C=O) groups is 2. The highest BCUT2D eigenvalue weighted by molar-refractivity contribution is 6.46. The van der Waals surface area contributed by atoms with Crippen LogP contribution in [0, 0.1) is 0 Å². The van der Waals surface area contributed by atoms with Crippen molar-refractivity contribution in [1.82, 2.24) is 4.90 Å². The van der Waals surface area contributed by atoms with Crippen molar-refractivity contribution in [3.05, 3.63) is 65.2 Å². The van der Waals surface area contributed by atoms with E-state index in [4.69, 9.17) is 9.47 Å². The summed E-state index contributed by atoms with van der Waals surface area (Å²) in [6.07, 6.45) is 3.74. The Hall–Kier alpha value is -3.28. The summed E-state index contributed by atoms with van der Waals surface area (Å²) in [7, 11) is 1.51. The van der Waals surface area contributed by atoms with Crippen LogP contribution >= 0.6 is 0 Å². The van der Waals surface area contributed by atoms with Crippen molar-refractivity contribution in [3.8, 4) is 11.5 Å². The maximum Gasteiger partial charge on any atom is 0.295 e. The Labute approximate surface area is 182 Å². The number of benzene rings is 2. The third-order valence-corrected chi connectivity index (χ3v) is 6.05. The fourth-order valence-electron chi connectivity index (χ4n) is 4.66. The van der Waals surface area contributed by atoms with E-state index in [1.807, 2.05) is 31.2 Å². The van der Waals surface area contributed by atoms with E-state index in [0.29, 0.717) is 23.7 Å². The van der Waals surface area contributed by atoms with Gasteiger partial charge in [0, 0.05) is 6.04 Å². The van der Waals surface area contributed by atoms with Gasteiger partial charge in [0.25, 0.3) is 11.7 Å². The van der Waals surface area contributed by atoms with Crippen molar-refractivity contribution >= 4 is 17.4 Å². The van der Waals surface area contributed by atoms with Gasteiger partial charge < -0.3 is 19.5 Å². The molecule has 2 aromatic carbocycles. The molecule has 1 saturated carbocycles. The molecule has 6 heteroatoms. The second-order valence-corrected chi connectivity index (χ2v) is 7.85. The van der Waals surface area contributed by atoms with Crippen LogP contribution in [0.15, 0.2) is 54.1 Å². The van der Waals surface area contributed by atoms with E-state index in [1.54, 1.807) is 29.2 Å². The van der Waals surface area contributed by atoms with Crippen LogP contribution < -0.4 is 9.47 Å². The molecular weight excluding hydrogens is 394 g/mol. The fraction of sp³-hybridized carbons (Fsp3) is 0.360. The first-order valence-corrected chi connectivity index (χ1v) is 10.7. The molecule has 0 spiro atoms. The zero-order valence-corrected chi connectivity index (χ0v) is 17.8. The molecule has 1 saturated heterocycles. The van der Waals surface area contributed by atoms with Gasteiger partial charge in [0.05, 0.1) is 30.9 Å². The number of ether oxygens (including phenoxy) is 2. The number of likely N-dealkylation sites (tertiary alicyclic amines) is 1. The molecule has 2 aliphatic rings. The Kier molecular flexibility index (Phi) is 5.98. The summed E-state index contributed by atoms with van der Waals surface area (Å²) in [5.41, 5.74) is 1.23. The van der Waals surface area contributed by atoms with Crippen LogP contribution in [0.5, 0.6) is 11.5 Å². The van der Waals surface area contributed by atoms with Gasteiger partial charge in [-0.15, -0.1) is 0 Å². The van der Waals surface area contributed by atoms with Crippen LogP contribution in [-0.2, 0) is 9.59 Å². The highest BCUT2D eigenvalue weighted by Crippen LogP contribution is 2.44. The van der Waals surface area contributed by atoms with Crippen molar-refractivity contribution in [3.63, 3.8) is 0 Å². The number of para-hydroxylation sites is 1. The molecule has 1 unspecified atom stereocenters. The average Bonchev–Trinajstić information content (AvgIpc) is 3.40. The molecule has 1 heterocycles. The smallest absolute Gasteiger partial charge is 0.295 e. The number of nitrogens with zero attached hydrogens (tertiary/aromatic N) is 1. The van der Waals surface area contributed by atoms with E-state index in [2.05, 4.69) is 0 Å². The Morgan fingerprint density at radius 1 is 1.10 bits per heavy atom. The van der Waals surface area contributed by atoms with Gasteiger partial charge in [0.1, 0.15) is 17.3 Å². The fourth-order valence-corrected chi connectivity index (χ4v) is 4.66. The summed E-state index contributed by atoms with van der Waals surface area (Å²) >= 11 is 0. The molecule has 1 N–H and O–H groups in total. The number of rotatable bonds is 6. The molecule has 0 radical (unpaired) electrons. The summed E-state index contributed by atoms with van der Waals surface area (Å²) in [6, 6.07) is 13.7. The third kappa shape index (κ3) is 3.78. The number of methoxy groups -OCH3 is 1. The number of aliphatic hydroxyl groups excluding tert-OH is 1. The monoisotopic (exact) mass is 421 g/mol. The lowest BCUT2D eigenvalue weighted by molar-refractivity contribution is -0.141. The molecule has 2 aromatic rings. The molecule has 162 valence electrons. The van der Waals surface area contributed by atoms with Crippen LogP contribution in [0.2, 0.25) is 0 Å². The van der Waals surface area contributed by atoms with E-state index < -0.39 is 17.7 Å². The van der Waals surface area contributed by atoms with Crippen molar-refractivity contribution in [2.24, 2.45) is 0 Å². The minimum Gasteiger partial charge on any atom is -0.507 e. The van der Waals surface area contributed by atoms with Crippen LogP contribution in [0.1, 0.15) is 49.8 Å². The summed E-state index contributed by atoms with van der Waals surface area (Å²) in [6.45, 7) is 2.41. The van der Waals surface area contributed by atoms with Gasteiger partial charge in [-0.3, -0.25) is 9.59 Å².